The average molecular weight is 684 g/mol. The van der Waals surface area contributed by atoms with Crippen LogP contribution in [-0.4, -0.2) is 76.0 Å². The summed E-state index contributed by atoms with van der Waals surface area (Å²) in [5.74, 6) is 0. The maximum absolute atomic E-state index is 4.25. The zero-order valence-electron chi connectivity index (χ0n) is 29.8. The van der Waals surface area contributed by atoms with Crippen LogP contribution in [0.3, 0.4) is 0 Å². The monoisotopic (exact) mass is 682 g/mol. The second-order valence-electron chi connectivity index (χ2n) is 13.7. The van der Waals surface area contributed by atoms with Crippen molar-refractivity contribution >= 4 is 13.1 Å². The molecule has 45 heavy (non-hydrogen) atoms. The van der Waals surface area contributed by atoms with Crippen molar-refractivity contribution in [3.05, 3.63) is 119 Å². The van der Waals surface area contributed by atoms with Gasteiger partial charge in [0.15, 0.2) is 0 Å². The summed E-state index contributed by atoms with van der Waals surface area (Å²) >= 11 is -4.25. The second-order valence-corrected chi connectivity index (χ2v) is 22.6. The quantitative estimate of drug-likeness (QED) is 0.184. The van der Waals surface area contributed by atoms with Crippen LogP contribution in [0.4, 0.5) is 0 Å². The van der Waals surface area contributed by atoms with E-state index in [-0.39, 0.29) is 24.2 Å². The zero-order chi connectivity index (χ0) is 33.1. The minimum absolute atomic E-state index is 0.257. The normalized spacial score (nSPS) is 16.2. The molecule has 0 saturated heterocycles. The van der Waals surface area contributed by atoms with E-state index in [1.54, 1.807) is 13.1 Å². The standard InChI is InChI=1S/4C10H14N.Zr/c4*1-9(11(2)3)10-7-5-4-6-8-10;/h4*4-7,9H,1-3H3;. The molecule has 0 spiro atoms. The molecule has 240 valence electrons. The van der Waals surface area contributed by atoms with E-state index in [9.17, 15) is 0 Å². The Morgan fingerprint density at radius 2 is 0.511 bits per heavy atom. The summed E-state index contributed by atoms with van der Waals surface area (Å²) in [6.07, 6.45) is 0. The molecule has 0 bridgehead atoms. The van der Waals surface area contributed by atoms with Gasteiger partial charge in [-0.2, -0.15) is 0 Å². The number of benzene rings is 4. The van der Waals surface area contributed by atoms with Crippen LogP contribution < -0.4 is 13.1 Å². The van der Waals surface area contributed by atoms with Gasteiger partial charge in [0.1, 0.15) is 0 Å². The molecular formula is C40H56N4Zr. The van der Waals surface area contributed by atoms with Crippen molar-refractivity contribution in [2.75, 3.05) is 56.4 Å². The SMILES string of the molecule is CC(c1cccc[c]1[Zr]([c]1ccccc1C(C)N(C)C)([c]1ccccc1C(C)N(C)C)[c]1ccccc1C(C)N(C)C)N(C)C. The van der Waals surface area contributed by atoms with Gasteiger partial charge < -0.3 is 0 Å². The summed E-state index contributed by atoms with van der Waals surface area (Å²) in [7, 11) is 17.7. The van der Waals surface area contributed by atoms with Gasteiger partial charge in [0, 0.05) is 0 Å². The van der Waals surface area contributed by atoms with E-state index in [2.05, 4.69) is 201 Å². The Balaban J connectivity index is 2.40. The molecule has 4 rings (SSSR count). The van der Waals surface area contributed by atoms with Crippen molar-refractivity contribution in [1.29, 1.82) is 0 Å². The van der Waals surface area contributed by atoms with E-state index in [1.165, 1.54) is 22.3 Å². The summed E-state index contributed by atoms with van der Waals surface area (Å²) in [6, 6.07) is 38.8. The molecule has 0 aromatic heterocycles. The number of rotatable bonds is 12. The summed E-state index contributed by atoms with van der Waals surface area (Å²) in [5.41, 5.74) is 5.74. The zero-order valence-corrected chi connectivity index (χ0v) is 32.3. The molecule has 0 aliphatic carbocycles. The molecule has 0 heterocycles. The first kappa shape index (κ1) is 35.5. The first-order chi connectivity index (χ1) is 21.3. The first-order valence-electron chi connectivity index (χ1n) is 16.4. The molecule has 4 aromatic rings. The average Bonchev–Trinajstić information content (AvgIpc) is 3.04. The summed E-state index contributed by atoms with van der Waals surface area (Å²) in [6.45, 7) is 9.47. The molecule has 4 atom stereocenters. The van der Waals surface area contributed by atoms with Crippen LogP contribution in [0.1, 0.15) is 74.1 Å². The summed E-state index contributed by atoms with van der Waals surface area (Å²) < 4.78 is 6.18. The Labute approximate surface area is 279 Å². The van der Waals surface area contributed by atoms with Crippen molar-refractivity contribution in [3.8, 4) is 0 Å². The molecule has 0 aliphatic heterocycles. The molecule has 0 amide bonds. The molecule has 0 radical (unpaired) electrons. The third kappa shape index (κ3) is 6.85. The molecule has 0 fully saturated rings. The van der Waals surface area contributed by atoms with Crippen LogP contribution in [0.2, 0.25) is 0 Å². The summed E-state index contributed by atoms with van der Waals surface area (Å²) in [5, 5.41) is 0. The van der Waals surface area contributed by atoms with Gasteiger partial charge in [0.25, 0.3) is 0 Å². The second kappa shape index (κ2) is 15.0. The van der Waals surface area contributed by atoms with E-state index in [1.807, 2.05) is 0 Å². The van der Waals surface area contributed by atoms with Crippen molar-refractivity contribution in [3.63, 3.8) is 0 Å². The van der Waals surface area contributed by atoms with Crippen LogP contribution in [0.5, 0.6) is 0 Å². The summed E-state index contributed by atoms with van der Waals surface area (Å²) in [4.78, 5) is 9.47. The molecule has 0 aliphatic rings. The number of hydrogen-bond acceptors (Lipinski definition) is 4. The number of nitrogens with zero attached hydrogens (tertiary/aromatic N) is 4. The van der Waals surface area contributed by atoms with Gasteiger partial charge in [-0.05, 0) is 0 Å². The molecule has 0 N–H and O–H groups in total. The maximum atomic E-state index is 2.50. The van der Waals surface area contributed by atoms with Gasteiger partial charge in [-0.15, -0.1) is 0 Å². The molecule has 0 saturated carbocycles. The van der Waals surface area contributed by atoms with Crippen molar-refractivity contribution in [2.24, 2.45) is 0 Å². The topological polar surface area (TPSA) is 13.0 Å². The fourth-order valence-electron chi connectivity index (χ4n) is 6.79. The van der Waals surface area contributed by atoms with Crippen LogP contribution in [0, 0.1) is 0 Å². The van der Waals surface area contributed by atoms with Crippen molar-refractivity contribution in [2.45, 2.75) is 51.9 Å². The Hall–Kier alpha value is -2.40. The van der Waals surface area contributed by atoms with Crippen molar-refractivity contribution < 1.29 is 20.3 Å². The predicted molar refractivity (Wildman–Crippen MR) is 193 cm³/mol. The Morgan fingerprint density at radius 1 is 0.333 bits per heavy atom. The van der Waals surface area contributed by atoms with E-state index in [0.29, 0.717) is 0 Å². The Morgan fingerprint density at radius 3 is 0.689 bits per heavy atom. The van der Waals surface area contributed by atoms with E-state index < -0.39 is 20.3 Å². The van der Waals surface area contributed by atoms with Gasteiger partial charge in [-0.25, -0.2) is 0 Å². The van der Waals surface area contributed by atoms with Crippen LogP contribution in [-0.2, 0) is 20.3 Å². The van der Waals surface area contributed by atoms with Gasteiger partial charge in [-0.1, -0.05) is 0 Å². The Bertz CT molecular complexity index is 1320. The minimum atomic E-state index is -4.25. The fourth-order valence-corrected chi connectivity index (χ4v) is 21.6. The molecule has 5 heteroatoms. The van der Waals surface area contributed by atoms with Crippen LogP contribution >= 0.6 is 0 Å². The number of hydrogen-bond donors (Lipinski definition) is 0. The third-order valence-electron chi connectivity index (χ3n) is 10.4. The van der Waals surface area contributed by atoms with Gasteiger partial charge >= 0.3 is 281 Å². The first-order valence-corrected chi connectivity index (χ1v) is 21.3. The van der Waals surface area contributed by atoms with Crippen LogP contribution in [0.25, 0.3) is 0 Å². The Kier molecular flexibility index (Phi) is 11.8. The molecule has 4 nitrogen and oxygen atoms in total. The molecular weight excluding hydrogens is 628 g/mol. The van der Waals surface area contributed by atoms with Gasteiger partial charge in [0.05, 0.1) is 0 Å². The predicted octanol–water partition coefficient (Wildman–Crippen LogP) is 5.93. The molecule has 4 unspecified atom stereocenters. The van der Waals surface area contributed by atoms with E-state index in [0.717, 1.165) is 0 Å². The van der Waals surface area contributed by atoms with Crippen LogP contribution in [0.15, 0.2) is 97.1 Å². The van der Waals surface area contributed by atoms with E-state index in [4.69, 9.17) is 0 Å². The fraction of sp³-hybridized carbons (Fsp3) is 0.400. The van der Waals surface area contributed by atoms with Crippen molar-refractivity contribution in [1.82, 2.24) is 19.6 Å². The third-order valence-corrected chi connectivity index (χ3v) is 22.8. The van der Waals surface area contributed by atoms with Gasteiger partial charge in [-0.3, -0.25) is 0 Å². The van der Waals surface area contributed by atoms with E-state index >= 15 is 0 Å². The van der Waals surface area contributed by atoms with Gasteiger partial charge in [0.2, 0.25) is 0 Å². The molecule has 4 aromatic carbocycles.